The number of hydrogen-bond acceptors (Lipinski definition) is 2. The highest BCUT2D eigenvalue weighted by atomic mass is 16.2. The molecule has 2 aliphatic heterocycles. The standard InChI is InChI=1S/C20H30N2O/c1-16(2)14-19(23)22-12-9-20(10-13-22)8-11-21-15-18(20)17-6-4-3-5-7-17/h3-7,16,18,21H,8-15H2,1-2H3. The predicted molar refractivity (Wildman–Crippen MR) is 94.4 cm³/mol. The van der Waals surface area contributed by atoms with E-state index < -0.39 is 0 Å². The Balaban J connectivity index is 1.70. The minimum absolute atomic E-state index is 0.347. The van der Waals surface area contributed by atoms with Crippen molar-refractivity contribution < 1.29 is 4.79 Å². The molecular weight excluding hydrogens is 284 g/mol. The minimum Gasteiger partial charge on any atom is -0.343 e. The molecule has 0 aliphatic carbocycles. The van der Waals surface area contributed by atoms with Crippen LogP contribution in [-0.2, 0) is 4.79 Å². The summed E-state index contributed by atoms with van der Waals surface area (Å²) in [6.45, 7) is 8.32. The molecule has 3 nitrogen and oxygen atoms in total. The van der Waals surface area contributed by atoms with Crippen LogP contribution in [0.5, 0.6) is 0 Å². The van der Waals surface area contributed by atoms with Gasteiger partial charge in [0.2, 0.25) is 5.91 Å². The third-order valence-electron chi connectivity index (χ3n) is 5.78. The van der Waals surface area contributed by atoms with Gasteiger partial charge in [-0.2, -0.15) is 0 Å². The van der Waals surface area contributed by atoms with Crippen molar-refractivity contribution in [3.8, 4) is 0 Å². The number of hydrogen-bond donors (Lipinski definition) is 1. The fourth-order valence-corrected chi connectivity index (χ4v) is 4.41. The Labute approximate surface area is 140 Å². The minimum atomic E-state index is 0.347. The van der Waals surface area contributed by atoms with Crippen LogP contribution in [-0.4, -0.2) is 37.0 Å². The summed E-state index contributed by atoms with van der Waals surface area (Å²) < 4.78 is 0. The number of piperidine rings is 2. The van der Waals surface area contributed by atoms with Gasteiger partial charge in [0, 0.05) is 32.0 Å². The molecule has 0 bridgehead atoms. The highest BCUT2D eigenvalue weighted by molar-refractivity contribution is 5.76. The second-order valence-electron chi connectivity index (χ2n) is 7.76. The van der Waals surface area contributed by atoms with E-state index in [-0.39, 0.29) is 0 Å². The molecule has 1 aromatic carbocycles. The Kier molecular flexibility index (Phi) is 5.05. The van der Waals surface area contributed by atoms with Gasteiger partial charge >= 0.3 is 0 Å². The first-order valence-electron chi connectivity index (χ1n) is 9.14. The maximum Gasteiger partial charge on any atom is 0.222 e. The van der Waals surface area contributed by atoms with Gasteiger partial charge < -0.3 is 10.2 Å². The SMILES string of the molecule is CC(C)CC(=O)N1CCC2(CCNCC2c2ccccc2)CC1. The van der Waals surface area contributed by atoms with Crippen LogP contribution in [0.4, 0.5) is 0 Å². The number of amides is 1. The first-order valence-corrected chi connectivity index (χ1v) is 9.14. The van der Waals surface area contributed by atoms with Crippen molar-refractivity contribution in [1.82, 2.24) is 10.2 Å². The molecular formula is C20H30N2O. The van der Waals surface area contributed by atoms with Crippen molar-refractivity contribution in [3.63, 3.8) is 0 Å². The summed E-state index contributed by atoms with van der Waals surface area (Å²) in [5, 5.41) is 3.58. The van der Waals surface area contributed by atoms with E-state index in [9.17, 15) is 4.79 Å². The highest BCUT2D eigenvalue weighted by Gasteiger charge is 2.44. The molecule has 1 amide bonds. The lowest BCUT2D eigenvalue weighted by molar-refractivity contribution is -0.134. The van der Waals surface area contributed by atoms with Crippen molar-refractivity contribution in [2.45, 2.75) is 45.4 Å². The van der Waals surface area contributed by atoms with E-state index in [0.717, 1.165) is 39.0 Å². The summed E-state index contributed by atoms with van der Waals surface area (Å²) in [4.78, 5) is 14.5. The van der Waals surface area contributed by atoms with Crippen LogP contribution in [0.15, 0.2) is 30.3 Å². The topological polar surface area (TPSA) is 32.3 Å². The van der Waals surface area contributed by atoms with Crippen LogP contribution in [0.2, 0.25) is 0 Å². The zero-order valence-electron chi connectivity index (χ0n) is 14.6. The monoisotopic (exact) mass is 314 g/mol. The fourth-order valence-electron chi connectivity index (χ4n) is 4.41. The smallest absolute Gasteiger partial charge is 0.222 e. The summed E-state index contributed by atoms with van der Waals surface area (Å²) >= 11 is 0. The summed E-state index contributed by atoms with van der Waals surface area (Å²) in [6, 6.07) is 10.9. The molecule has 3 rings (SSSR count). The lowest BCUT2D eigenvalue weighted by Gasteiger charge is -2.50. The lowest BCUT2D eigenvalue weighted by Crippen LogP contribution is -2.51. The largest absolute Gasteiger partial charge is 0.343 e. The third-order valence-corrected chi connectivity index (χ3v) is 5.78. The van der Waals surface area contributed by atoms with Gasteiger partial charge in [0.25, 0.3) is 0 Å². The van der Waals surface area contributed by atoms with Gasteiger partial charge in [-0.15, -0.1) is 0 Å². The summed E-state index contributed by atoms with van der Waals surface area (Å²) in [5.74, 6) is 1.38. The number of likely N-dealkylation sites (tertiary alicyclic amines) is 1. The van der Waals surface area contributed by atoms with Gasteiger partial charge in [0.1, 0.15) is 0 Å². The van der Waals surface area contributed by atoms with Crippen molar-refractivity contribution in [2.24, 2.45) is 11.3 Å². The summed E-state index contributed by atoms with van der Waals surface area (Å²) in [6.07, 6.45) is 4.23. The normalized spacial score (nSPS) is 24.1. The molecule has 23 heavy (non-hydrogen) atoms. The Morgan fingerprint density at radius 2 is 1.91 bits per heavy atom. The molecule has 1 atom stereocenters. The summed E-state index contributed by atoms with van der Waals surface area (Å²) in [5.41, 5.74) is 1.84. The van der Waals surface area contributed by atoms with E-state index in [2.05, 4.69) is 54.4 Å². The maximum atomic E-state index is 12.3. The lowest BCUT2D eigenvalue weighted by atomic mass is 9.62. The van der Waals surface area contributed by atoms with Crippen molar-refractivity contribution >= 4 is 5.91 Å². The quantitative estimate of drug-likeness (QED) is 0.927. The molecule has 2 aliphatic rings. The molecule has 2 heterocycles. The highest BCUT2D eigenvalue weighted by Crippen LogP contribution is 2.48. The Hall–Kier alpha value is -1.35. The number of carbonyl (C=O) groups excluding carboxylic acids is 1. The van der Waals surface area contributed by atoms with E-state index in [1.54, 1.807) is 0 Å². The molecule has 2 fully saturated rings. The Morgan fingerprint density at radius 1 is 1.22 bits per heavy atom. The summed E-state index contributed by atoms with van der Waals surface area (Å²) in [7, 11) is 0. The van der Waals surface area contributed by atoms with Crippen LogP contribution in [0, 0.1) is 11.3 Å². The van der Waals surface area contributed by atoms with Gasteiger partial charge in [-0.05, 0) is 42.7 Å². The average Bonchev–Trinajstić information content (AvgIpc) is 2.56. The Morgan fingerprint density at radius 3 is 2.57 bits per heavy atom. The van der Waals surface area contributed by atoms with Crippen molar-refractivity contribution in [2.75, 3.05) is 26.2 Å². The second-order valence-corrected chi connectivity index (χ2v) is 7.76. The van der Waals surface area contributed by atoms with E-state index in [1.807, 2.05) is 0 Å². The van der Waals surface area contributed by atoms with Gasteiger partial charge in [-0.3, -0.25) is 4.79 Å². The van der Waals surface area contributed by atoms with Crippen LogP contribution >= 0.6 is 0 Å². The molecule has 1 spiro atoms. The first-order chi connectivity index (χ1) is 11.1. The molecule has 2 saturated heterocycles. The first kappa shape index (κ1) is 16.5. The van der Waals surface area contributed by atoms with Crippen LogP contribution in [0.3, 0.4) is 0 Å². The molecule has 1 aromatic rings. The van der Waals surface area contributed by atoms with Gasteiger partial charge in [-0.25, -0.2) is 0 Å². The van der Waals surface area contributed by atoms with Crippen molar-refractivity contribution in [3.05, 3.63) is 35.9 Å². The van der Waals surface area contributed by atoms with E-state index in [0.29, 0.717) is 29.6 Å². The van der Waals surface area contributed by atoms with Gasteiger partial charge in [0.05, 0.1) is 0 Å². The molecule has 0 aromatic heterocycles. The average molecular weight is 314 g/mol. The van der Waals surface area contributed by atoms with E-state index in [1.165, 1.54) is 12.0 Å². The predicted octanol–water partition coefficient (Wildman–Crippen LogP) is 3.42. The van der Waals surface area contributed by atoms with E-state index >= 15 is 0 Å². The molecule has 3 heteroatoms. The second kappa shape index (κ2) is 7.04. The third kappa shape index (κ3) is 3.60. The fraction of sp³-hybridized carbons (Fsp3) is 0.650. The Bertz CT molecular complexity index is 518. The van der Waals surface area contributed by atoms with Gasteiger partial charge in [-0.1, -0.05) is 44.2 Å². The number of nitrogens with zero attached hydrogens (tertiary/aromatic N) is 1. The number of nitrogens with one attached hydrogen (secondary N) is 1. The zero-order chi connectivity index (χ0) is 16.3. The number of carbonyl (C=O) groups is 1. The maximum absolute atomic E-state index is 12.3. The van der Waals surface area contributed by atoms with Crippen molar-refractivity contribution in [1.29, 1.82) is 0 Å². The van der Waals surface area contributed by atoms with Crippen LogP contribution < -0.4 is 5.32 Å². The number of benzene rings is 1. The molecule has 0 radical (unpaired) electrons. The van der Waals surface area contributed by atoms with E-state index in [4.69, 9.17) is 0 Å². The molecule has 1 N–H and O–H groups in total. The zero-order valence-corrected chi connectivity index (χ0v) is 14.6. The van der Waals surface area contributed by atoms with Crippen LogP contribution in [0.1, 0.15) is 51.0 Å². The molecule has 1 unspecified atom stereocenters. The molecule has 126 valence electrons. The van der Waals surface area contributed by atoms with Crippen LogP contribution in [0.25, 0.3) is 0 Å². The molecule has 0 saturated carbocycles. The van der Waals surface area contributed by atoms with Gasteiger partial charge in [0.15, 0.2) is 0 Å². The number of rotatable bonds is 3.